The van der Waals surface area contributed by atoms with Crippen molar-refractivity contribution in [3.8, 4) is 0 Å². The number of fused-ring (bicyclic) bond motifs is 2. The van der Waals surface area contributed by atoms with Crippen molar-refractivity contribution in [2.45, 2.75) is 26.2 Å². The third kappa shape index (κ3) is 1.03. The van der Waals surface area contributed by atoms with Gasteiger partial charge in [0.25, 0.3) is 0 Å². The lowest BCUT2D eigenvalue weighted by Crippen LogP contribution is -2.27. The molecule has 4 heteroatoms. The van der Waals surface area contributed by atoms with E-state index in [1.54, 1.807) is 0 Å². The highest BCUT2D eigenvalue weighted by atomic mass is 16.5. The van der Waals surface area contributed by atoms with Gasteiger partial charge in [0.2, 0.25) is 5.89 Å². The van der Waals surface area contributed by atoms with Gasteiger partial charge in [0.15, 0.2) is 5.82 Å². The van der Waals surface area contributed by atoms with Crippen molar-refractivity contribution in [2.24, 2.45) is 5.41 Å². The molecule has 14 heavy (non-hydrogen) atoms. The predicted octanol–water partition coefficient (Wildman–Crippen LogP) is 1.19. The Balaban J connectivity index is 1.94. The molecule has 2 aliphatic heterocycles. The van der Waals surface area contributed by atoms with Crippen LogP contribution in [0.25, 0.3) is 0 Å². The average Bonchev–Trinajstić information content (AvgIpc) is 2.76. The third-order valence-electron chi connectivity index (χ3n) is 3.71. The smallest absolute Gasteiger partial charge is 0.231 e. The van der Waals surface area contributed by atoms with Crippen molar-refractivity contribution in [3.63, 3.8) is 0 Å². The quantitative estimate of drug-likeness (QED) is 0.671. The molecule has 76 valence electrons. The van der Waals surface area contributed by atoms with Crippen LogP contribution in [-0.2, 0) is 0 Å². The number of nitrogens with zero attached hydrogens (tertiary/aromatic N) is 3. The molecule has 0 radical (unpaired) electrons. The highest BCUT2D eigenvalue weighted by Gasteiger charge is 2.50. The largest absolute Gasteiger partial charge is 0.339 e. The van der Waals surface area contributed by atoms with Crippen molar-refractivity contribution in [2.75, 3.05) is 19.6 Å². The molecule has 3 heterocycles. The molecule has 1 aromatic rings. The van der Waals surface area contributed by atoms with Crippen LogP contribution < -0.4 is 0 Å². The van der Waals surface area contributed by atoms with Crippen LogP contribution in [0.4, 0.5) is 0 Å². The van der Waals surface area contributed by atoms with Gasteiger partial charge in [-0.15, -0.1) is 0 Å². The zero-order valence-corrected chi connectivity index (χ0v) is 8.66. The summed E-state index contributed by atoms with van der Waals surface area (Å²) in [5.74, 6) is 2.05. The van der Waals surface area contributed by atoms with E-state index < -0.39 is 0 Å². The van der Waals surface area contributed by atoms with Crippen LogP contribution >= 0.6 is 0 Å². The molecular weight excluding hydrogens is 178 g/mol. The summed E-state index contributed by atoms with van der Waals surface area (Å²) in [5, 5.41) is 3.87. The van der Waals surface area contributed by atoms with E-state index in [0.29, 0.717) is 11.3 Å². The van der Waals surface area contributed by atoms with Crippen molar-refractivity contribution in [1.29, 1.82) is 0 Å². The average molecular weight is 193 g/mol. The first-order valence-electron chi connectivity index (χ1n) is 5.20. The molecule has 0 amide bonds. The molecule has 3 rings (SSSR count). The minimum Gasteiger partial charge on any atom is -0.339 e. The molecule has 0 spiro atoms. The van der Waals surface area contributed by atoms with Crippen LogP contribution in [0.3, 0.4) is 0 Å². The van der Waals surface area contributed by atoms with E-state index in [-0.39, 0.29) is 0 Å². The Bertz CT molecular complexity index is 362. The first kappa shape index (κ1) is 8.41. The van der Waals surface area contributed by atoms with Gasteiger partial charge < -0.3 is 9.42 Å². The maximum Gasteiger partial charge on any atom is 0.231 e. The van der Waals surface area contributed by atoms with Gasteiger partial charge >= 0.3 is 0 Å². The molecule has 2 fully saturated rings. The molecule has 2 saturated heterocycles. The molecule has 2 bridgehead atoms. The van der Waals surface area contributed by atoms with Crippen LogP contribution in [0.5, 0.6) is 0 Å². The van der Waals surface area contributed by atoms with Crippen LogP contribution in [0.1, 0.15) is 31.0 Å². The molecule has 0 N–H and O–H groups in total. The summed E-state index contributed by atoms with van der Waals surface area (Å²) in [7, 11) is 0. The minimum absolute atomic E-state index is 0.374. The molecule has 4 nitrogen and oxygen atoms in total. The Morgan fingerprint density at radius 2 is 2.43 bits per heavy atom. The summed E-state index contributed by atoms with van der Waals surface area (Å²) in [6.07, 6.45) is 1.26. The van der Waals surface area contributed by atoms with E-state index in [1.807, 2.05) is 6.92 Å². The molecular formula is C10H15N3O. The summed E-state index contributed by atoms with van der Waals surface area (Å²) < 4.78 is 5.28. The number of aryl methyl sites for hydroxylation is 1. The number of piperidine rings is 1. The molecule has 3 unspecified atom stereocenters. The van der Waals surface area contributed by atoms with Gasteiger partial charge in [-0.3, -0.25) is 0 Å². The first-order valence-corrected chi connectivity index (χ1v) is 5.20. The van der Waals surface area contributed by atoms with E-state index in [2.05, 4.69) is 22.0 Å². The van der Waals surface area contributed by atoms with Crippen LogP contribution in [-0.4, -0.2) is 34.7 Å². The summed E-state index contributed by atoms with van der Waals surface area (Å²) in [5.41, 5.74) is 0.374. The molecule has 1 aromatic heterocycles. The zero-order chi connectivity index (χ0) is 9.76. The van der Waals surface area contributed by atoms with E-state index in [4.69, 9.17) is 4.52 Å². The minimum atomic E-state index is 0.374. The van der Waals surface area contributed by atoms with E-state index in [0.717, 1.165) is 18.3 Å². The molecule has 0 aliphatic carbocycles. The van der Waals surface area contributed by atoms with E-state index in [9.17, 15) is 0 Å². The van der Waals surface area contributed by atoms with Gasteiger partial charge in [-0.25, -0.2) is 0 Å². The second-order valence-electron chi connectivity index (χ2n) is 4.87. The topological polar surface area (TPSA) is 42.2 Å². The fraction of sp³-hybridized carbons (Fsp3) is 0.800. The summed E-state index contributed by atoms with van der Waals surface area (Å²) in [6.45, 7) is 7.74. The highest BCUT2D eigenvalue weighted by Crippen LogP contribution is 2.49. The van der Waals surface area contributed by atoms with Gasteiger partial charge in [0, 0.05) is 13.1 Å². The van der Waals surface area contributed by atoms with Gasteiger partial charge in [0.1, 0.15) is 0 Å². The van der Waals surface area contributed by atoms with Crippen molar-refractivity contribution >= 4 is 0 Å². The van der Waals surface area contributed by atoms with Crippen LogP contribution in [0.15, 0.2) is 4.52 Å². The van der Waals surface area contributed by atoms with Gasteiger partial charge in [0.05, 0.1) is 5.92 Å². The molecule has 3 atom stereocenters. The lowest BCUT2D eigenvalue weighted by molar-refractivity contribution is 0.237. The lowest BCUT2D eigenvalue weighted by Gasteiger charge is -2.27. The normalized spacial score (nSPS) is 40.7. The fourth-order valence-electron chi connectivity index (χ4n) is 2.83. The summed E-state index contributed by atoms with van der Waals surface area (Å²) in [6, 6.07) is 0. The maximum atomic E-state index is 5.28. The number of rotatable bonds is 1. The Labute approximate surface area is 83.3 Å². The Morgan fingerprint density at radius 3 is 2.93 bits per heavy atom. The summed E-state index contributed by atoms with van der Waals surface area (Å²) in [4.78, 5) is 6.84. The van der Waals surface area contributed by atoms with Crippen molar-refractivity contribution in [3.05, 3.63) is 11.7 Å². The fourth-order valence-corrected chi connectivity index (χ4v) is 2.83. The third-order valence-corrected chi connectivity index (χ3v) is 3.71. The monoisotopic (exact) mass is 193 g/mol. The van der Waals surface area contributed by atoms with Gasteiger partial charge in [-0.1, -0.05) is 12.1 Å². The molecule has 2 aliphatic rings. The van der Waals surface area contributed by atoms with Crippen LogP contribution in [0.2, 0.25) is 0 Å². The van der Waals surface area contributed by atoms with Crippen molar-refractivity contribution in [1.82, 2.24) is 15.0 Å². The Morgan fingerprint density at radius 1 is 1.57 bits per heavy atom. The standard InChI is InChI=1S/C10H15N3O/c1-7-11-9(14-12-7)8-5-13-4-3-10(8,2)6-13/h8H,3-6H2,1-2H3. The molecule has 0 saturated carbocycles. The Hall–Kier alpha value is -0.900. The number of hydrogen-bond acceptors (Lipinski definition) is 4. The van der Waals surface area contributed by atoms with E-state index in [1.165, 1.54) is 19.5 Å². The van der Waals surface area contributed by atoms with Gasteiger partial charge in [-0.2, -0.15) is 4.98 Å². The second-order valence-corrected chi connectivity index (χ2v) is 4.87. The highest BCUT2D eigenvalue weighted by molar-refractivity contribution is 5.11. The molecule has 0 aromatic carbocycles. The van der Waals surface area contributed by atoms with Crippen LogP contribution in [0, 0.1) is 12.3 Å². The Kier molecular flexibility index (Phi) is 1.54. The predicted molar refractivity (Wildman–Crippen MR) is 50.9 cm³/mol. The second kappa shape index (κ2) is 2.57. The first-order chi connectivity index (χ1) is 6.67. The number of aromatic nitrogens is 2. The van der Waals surface area contributed by atoms with Gasteiger partial charge in [-0.05, 0) is 25.3 Å². The lowest BCUT2D eigenvalue weighted by atomic mass is 9.77. The zero-order valence-electron chi connectivity index (χ0n) is 8.66. The summed E-state index contributed by atoms with van der Waals surface area (Å²) >= 11 is 0. The van der Waals surface area contributed by atoms with Crippen molar-refractivity contribution < 1.29 is 4.52 Å². The van der Waals surface area contributed by atoms with E-state index >= 15 is 0 Å². The maximum absolute atomic E-state index is 5.28. The number of hydrogen-bond donors (Lipinski definition) is 0. The SMILES string of the molecule is Cc1noc(C2CN3CCC2(C)C3)n1.